The van der Waals surface area contributed by atoms with Gasteiger partial charge in [0.2, 0.25) is 0 Å². The molecule has 2 heterocycles. The van der Waals surface area contributed by atoms with Crippen LogP contribution in [0.4, 0.5) is 11.5 Å². The summed E-state index contributed by atoms with van der Waals surface area (Å²) in [4.78, 5) is 25.1. The summed E-state index contributed by atoms with van der Waals surface area (Å²) < 4.78 is 5.31. The zero-order chi connectivity index (χ0) is 15.5. The molecule has 0 atom stereocenters. The van der Waals surface area contributed by atoms with E-state index >= 15 is 0 Å². The highest BCUT2D eigenvalue weighted by atomic mass is 16.6. The number of nitro groups is 1. The Morgan fingerprint density at radius 3 is 2.81 bits per heavy atom. The number of anilines is 1. The Kier molecular flexibility index (Phi) is 4.37. The lowest BCUT2D eigenvalue weighted by atomic mass is 9.82. The van der Waals surface area contributed by atoms with Crippen molar-refractivity contribution in [2.75, 3.05) is 25.1 Å². The number of rotatable bonds is 5. The van der Waals surface area contributed by atoms with Gasteiger partial charge in [-0.1, -0.05) is 6.92 Å². The number of carboxylic acids is 1. The van der Waals surface area contributed by atoms with Gasteiger partial charge < -0.3 is 15.2 Å². The van der Waals surface area contributed by atoms with E-state index in [0.29, 0.717) is 19.8 Å². The second-order valence-electron chi connectivity index (χ2n) is 5.43. The van der Waals surface area contributed by atoms with Gasteiger partial charge in [-0.05, 0) is 18.3 Å². The second kappa shape index (κ2) is 6.04. The zero-order valence-electron chi connectivity index (χ0n) is 11.7. The van der Waals surface area contributed by atoms with Crippen molar-refractivity contribution in [1.29, 1.82) is 0 Å². The highest BCUT2D eigenvalue weighted by Crippen LogP contribution is 2.30. The fourth-order valence-electron chi connectivity index (χ4n) is 2.20. The van der Waals surface area contributed by atoms with Crippen molar-refractivity contribution in [2.45, 2.75) is 19.8 Å². The lowest BCUT2D eigenvalue weighted by Crippen LogP contribution is -2.33. The highest BCUT2D eigenvalue weighted by Gasteiger charge is 2.28. The normalized spacial score (nSPS) is 17.2. The molecule has 114 valence electrons. The van der Waals surface area contributed by atoms with Crippen LogP contribution in [0.3, 0.4) is 0 Å². The van der Waals surface area contributed by atoms with Crippen molar-refractivity contribution in [3.63, 3.8) is 0 Å². The lowest BCUT2D eigenvalue weighted by molar-refractivity contribution is -0.385. The van der Waals surface area contributed by atoms with E-state index in [1.807, 2.05) is 0 Å². The van der Waals surface area contributed by atoms with E-state index in [4.69, 9.17) is 9.84 Å². The number of hydrogen-bond donors (Lipinski definition) is 2. The number of pyridine rings is 1. The first-order valence-corrected chi connectivity index (χ1v) is 6.61. The van der Waals surface area contributed by atoms with Crippen LogP contribution in [0.1, 0.15) is 30.1 Å². The molecular formula is C13H17N3O5. The molecule has 0 aliphatic carbocycles. The van der Waals surface area contributed by atoms with Gasteiger partial charge in [0.05, 0.1) is 4.92 Å². The van der Waals surface area contributed by atoms with Gasteiger partial charge in [0, 0.05) is 25.8 Å². The molecule has 0 amide bonds. The topological polar surface area (TPSA) is 115 Å². The van der Waals surface area contributed by atoms with Crippen molar-refractivity contribution in [3.8, 4) is 0 Å². The highest BCUT2D eigenvalue weighted by molar-refractivity contribution is 5.93. The number of nitrogens with one attached hydrogen (secondary N) is 1. The minimum absolute atomic E-state index is 0.00250. The average molecular weight is 295 g/mol. The molecule has 2 rings (SSSR count). The first-order valence-electron chi connectivity index (χ1n) is 6.61. The summed E-state index contributed by atoms with van der Waals surface area (Å²) in [5.41, 5.74) is -0.535. The molecule has 1 fully saturated rings. The maximum Gasteiger partial charge on any atom is 0.339 e. The summed E-state index contributed by atoms with van der Waals surface area (Å²) in [6.07, 6.45) is 2.80. The second-order valence-corrected chi connectivity index (χ2v) is 5.43. The van der Waals surface area contributed by atoms with Crippen LogP contribution < -0.4 is 5.32 Å². The summed E-state index contributed by atoms with van der Waals surface area (Å²) in [5, 5.41) is 22.8. The van der Waals surface area contributed by atoms with E-state index in [2.05, 4.69) is 17.2 Å². The molecule has 1 aliphatic rings. The van der Waals surface area contributed by atoms with Gasteiger partial charge in [-0.15, -0.1) is 0 Å². The van der Waals surface area contributed by atoms with Crippen LogP contribution in [0.15, 0.2) is 12.3 Å². The van der Waals surface area contributed by atoms with E-state index in [1.165, 1.54) is 0 Å². The molecule has 1 saturated heterocycles. The predicted molar refractivity (Wildman–Crippen MR) is 74.5 cm³/mol. The van der Waals surface area contributed by atoms with Crippen molar-refractivity contribution in [2.24, 2.45) is 5.41 Å². The van der Waals surface area contributed by atoms with Crippen LogP contribution in [0.5, 0.6) is 0 Å². The molecule has 1 aromatic heterocycles. The van der Waals surface area contributed by atoms with E-state index in [-0.39, 0.29) is 22.5 Å². The summed E-state index contributed by atoms with van der Waals surface area (Å²) >= 11 is 0. The Labute approximate surface area is 121 Å². The van der Waals surface area contributed by atoms with E-state index in [0.717, 1.165) is 25.1 Å². The summed E-state index contributed by atoms with van der Waals surface area (Å²) in [6.45, 7) is 3.99. The van der Waals surface area contributed by atoms with Gasteiger partial charge in [0.25, 0.3) is 5.69 Å². The quantitative estimate of drug-likeness (QED) is 0.629. The number of hydrogen-bond acceptors (Lipinski definition) is 6. The fourth-order valence-corrected chi connectivity index (χ4v) is 2.20. The maximum absolute atomic E-state index is 11.2. The van der Waals surface area contributed by atoms with E-state index in [9.17, 15) is 14.9 Å². The smallest absolute Gasteiger partial charge is 0.339 e. The molecule has 1 aliphatic heterocycles. The Morgan fingerprint density at radius 1 is 1.57 bits per heavy atom. The Morgan fingerprint density at radius 2 is 2.24 bits per heavy atom. The Hall–Kier alpha value is -2.22. The van der Waals surface area contributed by atoms with Crippen LogP contribution in [-0.4, -0.2) is 40.7 Å². The molecule has 0 bridgehead atoms. The molecule has 1 aromatic rings. The monoisotopic (exact) mass is 295 g/mol. The Balaban J connectivity index is 2.15. The summed E-state index contributed by atoms with van der Waals surface area (Å²) in [6, 6.07) is 1.02. The standard InChI is InChI=1S/C13H17N3O5/c1-13(2-4-21-5-3-13)8-15-11-10(12(17)18)6-9(7-14-11)16(19)20/h6-7H,2-5,8H2,1H3,(H,14,15)(H,17,18). The molecular weight excluding hydrogens is 278 g/mol. The minimum Gasteiger partial charge on any atom is -0.478 e. The van der Waals surface area contributed by atoms with Crippen molar-refractivity contribution in [1.82, 2.24) is 4.98 Å². The van der Waals surface area contributed by atoms with E-state index < -0.39 is 10.9 Å². The van der Waals surface area contributed by atoms with Crippen LogP contribution in [-0.2, 0) is 4.74 Å². The average Bonchev–Trinajstić information content (AvgIpc) is 2.45. The van der Waals surface area contributed by atoms with Crippen molar-refractivity contribution >= 4 is 17.5 Å². The van der Waals surface area contributed by atoms with Crippen molar-refractivity contribution in [3.05, 3.63) is 27.9 Å². The summed E-state index contributed by atoms with van der Waals surface area (Å²) in [7, 11) is 0. The van der Waals surface area contributed by atoms with E-state index in [1.54, 1.807) is 0 Å². The molecule has 0 unspecified atom stereocenters. The zero-order valence-corrected chi connectivity index (χ0v) is 11.7. The van der Waals surface area contributed by atoms with Gasteiger partial charge in [-0.2, -0.15) is 0 Å². The van der Waals surface area contributed by atoms with Crippen LogP contribution >= 0.6 is 0 Å². The molecule has 2 N–H and O–H groups in total. The molecule has 8 nitrogen and oxygen atoms in total. The Bertz CT molecular complexity index is 555. The van der Waals surface area contributed by atoms with Crippen LogP contribution in [0.25, 0.3) is 0 Å². The first kappa shape index (κ1) is 15.2. The molecule has 21 heavy (non-hydrogen) atoms. The van der Waals surface area contributed by atoms with Crippen molar-refractivity contribution < 1.29 is 19.6 Å². The number of carbonyl (C=O) groups is 1. The molecule has 0 aromatic carbocycles. The van der Waals surface area contributed by atoms with Crippen LogP contribution in [0, 0.1) is 15.5 Å². The van der Waals surface area contributed by atoms with Crippen LogP contribution in [0.2, 0.25) is 0 Å². The predicted octanol–water partition coefficient (Wildman–Crippen LogP) is 1.92. The largest absolute Gasteiger partial charge is 0.478 e. The minimum atomic E-state index is -1.24. The maximum atomic E-state index is 11.2. The third-order valence-corrected chi connectivity index (χ3v) is 3.70. The SMILES string of the molecule is CC1(CNc2ncc([N+](=O)[O-])cc2C(=O)O)CCOCC1. The first-order chi connectivity index (χ1) is 9.91. The van der Waals surface area contributed by atoms with Gasteiger partial charge in [-0.25, -0.2) is 9.78 Å². The van der Waals surface area contributed by atoms with Gasteiger partial charge >= 0.3 is 5.97 Å². The third-order valence-electron chi connectivity index (χ3n) is 3.70. The van der Waals surface area contributed by atoms with Gasteiger partial charge in [0.15, 0.2) is 0 Å². The molecule has 0 radical (unpaired) electrons. The number of carboxylic acid groups (broad SMARTS) is 1. The van der Waals surface area contributed by atoms with Gasteiger partial charge in [0.1, 0.15) is 17.6 Å². The molecule has 0 spiro atoms. The lowest BCUT2D eigenvalue weighted by Gasteiger charge is -2.33. The molecule has 8 heteroatoms. The number of ether oxygens (including phenoxy) is 1. The molecule has 0 saturated carbocycles. The number of aromatic nitrogens is 1. The summed E-state index contributed by atoms with van der Waals surface area (Å²) in [5.74, 6) is -1.09. The fraction of sp³-hybridized carbons (Fsp3) is 0.538. The number of aromatic carboxylic acids is 1. The number of nitrogens with zero attached hydrogens (tertiary/aromatic N) is 2. The third kappa shape index (κ3) is 3.66. The van der Waals surface area contributed by atoms with Gasteiger partial charge in [-0.3, -0.25) is 10.1 Å².